The molecule has 0 aliphatic rings. The third kappa shape index (κ3) is 4.88. The van der Waals surface area contributed by atoms with Crippen molar-refractivity contribution < 1.29 is 18.4 Å². The number of halogens is 3. The molecule has 0 saturated carbocycles. The quantitative estimate of drug-likeness (QED) is 0.829. The topological polar surface area (TPSA) is 58.2 Å². The Bertz CT molecular complexity index is 486. The normalized spacial score (nSPS) is 10.2. The summed E-state index contributed by atoms with van der Waals surface area (Å²) in [5.74, 6) is -3.01. The number of amides is 2. The van der Waals surface area contributed by atoms with Gasteiger partial charge in [0.2, 0.25) is 5.91 Å². The van der Waals surface area contributed by atoms with Gasteiger partial charge in [0.25, 0.3) is 5.91 Å². The van der Waals surface area contributed by atoms with Gasteiger partial charge in [0.1, 0.15) is 17.2 Å². The molecule has 0 fully saturated rings. The third-order valence-corrected chi connectivity index (χ3v) is 2.90. The number of hydrogen-bond acceptors (Lipinski definition) is 2. The molecular formula is C13H15BrF2N2O2. The Morgan fingerprint density at radius 3 is 2.30 bits per heavy atom. The lowest BCUT2D eigenvalue weighted by Gasteiger charge is -2.08. The lowest BCUT2D eigenvalue weighted by Crippen LogP contribution is -2.31. The fourth-order valence-corrected chi connectivity index (χ4v) is 1.89. The minimum Gasteiger partial charge on any atom is -0.356 e. The molecule has 0 saturated heterocycles. The molecule has 0 heterocycles. The molecule has 0 aromatic heterocycles. The molecule has 0 bridgehead atoms. The molecule has 0 radical (unpaired) electrons. The maximum atomic E-state index is 13.5. The van der Waals surface area contributed by atoms with Crippen LogP contribution in [0.15, 0.2) is 16.6 Å². The van der Waals surface area contributed by atoms with E-state index in [0.717, 1.165) is 18.6 Å². The van der Waals surface area contributed by atoms with Gasteiger partial charge in [-0.05, 0) is 18.6 Å². The SMILES string of the molecule is CCCNC(=O)CCNC(=O)c1c(F)cc(Br)cc1F. The molecule has 0 spiro atoms. The molecule has 1 aromatic rings. The van der Waals surface area contributed by atoms with Crippen LogP contribution in [0.25, 0.3) is 0 Å². The van der Waals surface area contributed by atoms with Gasteiger partial charge in [0, 0.05) is 24.0 Å². The summed E-state index contributed by atoms with van der Waals surface area (Å²) in [6, 6.07) is 2.01. The average molecular weight is 349 g/mol. The van der Waals surface area contributed by atoms with E-state index in [4.69, 9.17) is 0 Å². The van der Waals surface area contributed by atoms with Gasteiger partial charge in [-0.3, -0.25) is 9.59 Å². The first-order chi connectivity index (χ1) is 9.45. The van der Waals surface area contributed by atoms with Crippen LogP contribution in [-0.4, -0.2) is 24.9 Å². The molecule has 110 valence electrons. The lowest BCUT2D eigenvalue weighted by molar-refractivity contribution is -0.120. The summed E-state index contributed by atoms with van der Waals surface area (Å²) in [5, 5.41) is 4.94. The van der Waals surface area contributed by atoms with Crippen molar-refractivity contribution in [3.05, 3.63) is 33.8 Å². The van der Waals surface area contributed by atoms with Crippen molar-refractivity contribution in [3.63, 3.8) is 0 Å². The van der Waals surface area contributed by atoms with Gasteiger partial charge < -0.3 is 10.6 Å². The van der Waals surface area contributed by atoms with Gasteiger partial charge in [-0.25, -0.2) is 8.78 Å². The van der Waals surface area contributed by atoms with E-state index >= 15 is 0 Å². The molecule has 4 nitrogen and oxygen atoms in total. The van der Waals surface area contributed by atoms with Crippen LogP contribution in [0.1, 0.15) is 30.1 Å². The molecule has 2 N–H and O–H groups in total. The predicted molar refractivity (Wildman–Crippen MR) is 74.3 cm³/mol. The number of carbonyl (C=O) groups is 2. The summed E-state index contributed by atoms with van der Waals surface area (Å²) in [5.41, 5.74) is -0.651. The van der Waals surface area contributed by atoms with Crippen molar-refractivity contribution in [1.29, 1.82) is 0 Å². The summed E-state index contributed by atoms with van der Waals surface area (Å²) in [6.45, 7) is 2.49. The van der Waals surface area contributed by atoms with E-state index in [1.165, 1.54) is 0 Å². The second-order valence-electron chi connectivity index (χ2n) is 4.10. The molecule has 1 aromatic carbocycles. The first kappa shape index (κ1) is 16.6. The van der Waals surface area contributed by atoms with Crippen LogP contribution >= 0.6 is 15.9 Å². The van der Waals surface area contributed by atoms with Crippen LogP contribution in [0.3, 0.4) is 0 Å². The fraction of sp³-hybridized carbons (Fsp3) is 0.385. The lowest BCUT2D eigenvalue weighted by atomic mass is 10.2. The van der Waals surface area contributed by atoms with Crippen LogP contribution in [0.2, 0.25) is 0 Å². The maximum Gasteiger partial charge on any atom is 0.257 e. The fourth-order valence-electron chi connectivity index (χ4n) is 1.49. The second-order valence-corrected chi connectivity index (χ2v) is 5.02. The molecule has 20 heavy (non-hydrogen) atoms. The molecular weight excluding hydrogens is 334 g/mol. The monoisotopic (exact) mass is 348 g/mol. The Balaban J connectivity index is 2.54. The molecule has 2 amide bonds. The van der Waals surface area contributed by atoms with Crippen molar-refractivity contribution in [1.82, 2.24) is 10.6 Å². The summed E-state index contributed by atoms with van der Waals surface area (Å²) in [6.07, 6.45) is 0.874. The van der Waals surface area contributed by atoms with Crippen molar-refractivity contribution in [2.75, 3.05) is 13.1 Å². The maximum absolute atomic E-state index is 13.5. The van der Waals surface area contributed by atoms with E-state index < -0.39 is 23.1 Å². The minimum atomic E-state index is -0.954. The van der Waals surface area contributed by atoms with Gasteiger partial charge in [0.15, 0.2) is 0 Å². The molecule has 1 rings (SSSR count). The highest BCUT2D eigenvalue weighted by molar-refractivity contribution is 9.10. The summed E-state index contributed by atoms with van der Waals surface area (Å²) >= 11 is 2.93. The highest BCUT2D eigenvalue weighted by Crippen LogP contribution is 2.19. The summed E-state index contributed by atoms with van der Waals surface area (Å²) in [4.78, 5) is 22.9. The minimum absolute atomic E-state index is 0.0172. The molecule has 0 atom stereocenters. The zero-order valence-corrected chi connectivity index (χ0v) is 12.5. The molecule has 0 unspecified atom stereocenters. The number of rotatable bonds is 6. The zero-order valence-electron chi connectivity index (χ0n) is 10.9. The Morgan fingerprint density at radius 1 is 1.15 bits per heavy atom. The highest BCUT2D eigenvalue weighted by atomic mass is 79.9. The average Bonchev–Trinajstić information content (AvgIpc) is 2.35. The highest BCUT2D eigenvalue weighted by Gasteiger charge is 2.18. The van der Waals surface area contributed by atoms with Gasteiger partial charge >= 0.3 is 0 Å². The molecule has 0 aliphatic carbocycles. The zero-order chi connectivity index (χ0) is 15.1. The van der Waals surface area contributed by atoms with E-state index in [0.29, 0.717) is 6.54 Å². The molecule has 0 aliphatic heterocycles. The largest absolute Gasteiger partial charge is 0.356 e. The number of benzene rings is 1. The van der Waals surface area contributed by atoms with Crippen LogP contribution < -0.4 is 10.6 Å². The number of carbonyl (C=O) groups excluding carboxylic acids is 2. The molecule has 7 heteroatoms. The van der Waals surface area contributed by atoms with E-state index in [9.17, 15) is 18.4 Å². The summed E-state index contributed by atoms with van der Waals surface area (Å²) in [7, 11) is 0. The van der Waals surface area contributed by atoms with Crippen LogP contribution in [0.5, 0.6) is 0 Å². The van der Waals surface area contributed by atoms with Gasteiger partial charge in [-0.2, -0.15) is 0 Å². The van der Waals surface area contributed by atoms with Crippen molar-refractivity contribution >= 4 is 27.7 Å². The van der Waals surface area contributed by atoms with Crippen molar-refractivity contribution in [2.24, 2.45) is 0 Å². The van der Waals surface area contributed by atoms with E-state index in [2.05, 4.69) is 26.6 Å². The van der Waals surface area contributed by atoms with E-state index in [-0.39, 0.29) is 23.3 Å². The van der Waals surface area contributed by atoms with Crippen LogP contribution in [0.4, 0.5) is 8.78 Å². The Hall–Kier alpha value is -1.50. The van der Waals surface area contributed by atoms with E-state index in [1.807, 2.05) is 6.92 Å². The Kier molecular flexibility index (Phi) is 6.57. The standard InChI is InChI=1S/C13H15BrF2N2O2/c1-2-4-17-11(19)3-5-18-13(20)12-9(15)6-8(14)7-10(12)16/h6-7H,2-5H2,1H3,(H,17,19)(H,18,20). The van der Waals surface area contributed by atoms with Crippen LogP contribution in [-0.2, 0) is 4.79 Å². The summed E-state index contributed by atoms with van der Waals surface area (Å²) < 4.78 is 27.2. The second kappa shape index (κ2) is 7.94. The predicted octanol–water partition coefficient (Wildman–Crippen LogP) is 2.37. The van der Waals surface area contributed by atoms with Gasteiger partial charge in [0.05, 0.1) is 0 Å². The Labute approximate surface area is 124 Å². The van der Waals surface area contributed by atoms with Crippen molar-refractivity contribution in [2.45, 2.75) is 19.8 Å². The van der Waals surface area contributed by atoms with Crippen LogP contribution in [0, 0.1) is 11.6 Å². The van der Waals surface area contributed by atoms with E-state index in [1.54, 1.807) is 0 Å². The third-order valence-electron chi connectivity index (χ3n) is 2.44. The smallest absolute Gasteiger partial charge is 0.257 e. The first-order valence-electron chi connectivity index (χ1n) is 6.15. The van der Waals surface area contributed by atoms with Gasteiger partial charge in [-0.1, -0.05) is 22.9 Å². The van der Waals surface area contributed by atoms with Gasteiger partial charge in [-0.15, -0.1) is 0 Å². The first-order valence-corrected chi connectivity index (χ1v) is 6.94. The number of nitrogens with one attached hydrogen (secondary N) is 2. The van der Waals surface area contributed by atoms with Crippen molar-refractivity contribution in [3.8, 4) is 0 Å². The Morgan fingerprint density at radius 2 is 1.75 bits per heavy atom. The number of hydrogen-bond donors (Lipinski definition) is 2.